The number of para-hydroxylation sites is 4. The average molecular weight is 898 g/mol. The van der Waals surface area contributed by atoms with Crippen molar-refractivity contribution in [2.24, 2.45) is 0 Å². The monoisotopic (exact) mass is 897 g/mol. The summed E-state index contributed by atoms with van der Waals surface area (Å²) in [4.78, 5) is 16.3. The average Bonchev–Trinajstić information content (AvgIpc) is 4.10. The number of aromatic nitrogens is 5. The van der Waals surface area contributed by atoms with Crippen LogP contribution in [0.15, 0.2) is 237 Å². The summed E-state index contributed by atoms with van der Waals surface area (Å²) in [6.07, 6.45) is 0. The van der Waals surface area contributed by atoms with Gasteiger partial charge in [-0.05, 0) is 58.7 Å². The molecule has 0 spiro atoms. The molecule has 4 heterocycles. The van der Waals surface area contributed by atoms with Crippen molar-refractivity contribution in [3.63, 3.8) is 0 Å². The lowest BCUT2D eigenvalue weighted by atomic mass is 9.98. The van der Waals surface area contributed by atoms with Gasteiger partial charge in [0.2, 0.25) is 0 Å². The number of thiophene rings is 1. The van der Waals surface area contributed by atoms with Gasteiger partial charge in [0.15, 0.2) is 17.5 Å². The minimum atomic E-state index is 0.597. The van der Waals surface area contributed by atoms with Crippen molar-refractivity contribution < 1.29 is 0 Å². The van der Waals surface area contributed by atoms with Crippen LogP contribution in [0.25, 0.3) is 132 Å². The molecule has 0 N–H and O–H groups in total. The first-order valence-electron chi connectivity index (χ1n) is 23.3. The summed E-state index contributed by atoms with van der Waals surface area (Å²) in [6.45, 7) is 0. The van der Waals surface area contributed by atoms with Crippen LogP contribution in [-0.2, 0) is 0 Å². The summed E-state index contributed by atoms with van der Waals surface area (Å²) in [5, 5.41) is 7.37. The number of hydrogen-bond acceptors (Lipinski definition) is 4. The highest BCUT2D eigenvalue weighted by Gasteiger charge is 2.25. The van der Waals surface area contributed by atoms with Crippen molar-refractivity contribution in [1.29, 1.82) is 0 Å². The highest BCUT2D eigenvalue weighted by molar-refractivity contribution is 7.27. The Bertz CT molecular complexity index is 4200. The van der Waals surface area contributed by atoms with E-state index in [0.29, 0.717) is 17.5 Å². The molecule has 4 aromatic heterocycles. The third-order valence-electron chi connectivity index (χ3n) is 13.6. The molecular weight excluding hydrogens is 859 g/mol. The molecule has 0 fully saturated rings. The maximum Gasteiger partial charge on any atom is 0.166 e. The van der Waals surface area contributed by atoms with Crippen LogP contribution in [0.4, 0.5) is 0 Å². The minimum Gasteiger partial charge on any atom is -0.308 e. The SMILES string of the molecule is c1ccc(-c2ccccc2-c2nc(-c3ccccc3-c3ccccc3)nc(-c3ccccc3-n3c4ccccc4c4ccc5c6ccc7c8ccccc8n(-c8ccccc8)c7c6sc5c43)n2)cc1. The van der Waals surface area contributed by atoms with Crippen molar-refractivity contribution in [3.8, 4) is 67.8 Å². The molecule has 10 aromatic carbocycles. The summed E-state index contributed by atoms with van der Waals surface area (Å²) >= 11 is 1.89. The Labute approximate surface area is 401 Å². The molecule has 0 unspecified atom stereocenters. The highest BCUT2D eigenvalue weighted by atomic mass is 32.1. The zero-order valence-corrected chi connectivity index (χ0v) is 38.0. The van der Waals surface area contributed by atoms with Crippen LogP contribution < -0.4 is 0 Å². The third kappa shape index (κ3) is 6.20. The molecular formula is C63H39N5S. The molecule has 0 atom stereocenters. The molecule has 322 valence electrons. The molecule has 0 amide bonds. The van der Waals surface area contributed by atoms with Crippen molar-refractivity contribution in [1.82, 2.24) is 24.1 Å². The molecule has 6 heteroatoms. The number of nitrogens with zero attached hydrogens (tertiary/aromatic N) is 5. The van der Waals surface area contributed by atoms with Crippen LogP contribution in [0, 0.1) is 0 Å². The second-order valence-electron chi connectivity index (χ2n) is 17.5. The normalized spacial score (nSPS) is 11.8. The molecule has 0 aliphatic rings. The van der Waals surface area contributed by atoms with E-state index >= 15 is 0 Å². The molecule has 69 heavy (non-hydrogen) atoms. The van der Waals surface area contributed by atoms with E-state index in [4.69, 9.17) is 15.0 Å². The highest BCUT2D eigenvalue weighted by Crippen LogP contribution is 2.48. The van der Waals surface area contributed by atoms with Crippen molar-refractivity contribution in [2.45, 2.75) is 0 Å². The molecule has 5 nitrogen and oxygen atoms in total. The van der Waals surface area contributed by atoms with Crippen LogP contribution >= 0.6 is 11.3 Å². The van der Waals surface area contributed by atoms with Crippen molar-refractivity contribution in [2.75, 3.05) is 0 Å². The topological polar surface area (TPSA) is 48.5 Å². The van der Waals surface area contributed by atoms with Crippen molar-refractivity contribution >= 4 is 75.1 Å². The van der Waals surface area contributed by atoms with Gasteiger partial charge in [-0.2, -0.15) is 0 Å². The Morgan fingerprint density at radius 1 is 0.275 bits per heavy atom. The minimum absolute atomic E-state index is 0.597. The number of rotatable bonds is 7. The maximum absolute atomic E-state index is 5.47. The van der Waals surface area contributed by atoms with E-state index in [2.05, 4.69) is 246 Å². The van der Waals surface area contributed by atoms with Gasteiger partial charge in [0.25, 0.3) is 0 Å². The van der Waals surface area contributed by atoms with Crippen molar-refractivity contribution in [3.05, 3.63) is 237 Å². The van der Waals surface area contributed by atoms with E-state index in [1.54, 1.807) is 0 Å². The zero-order chi connectivity index (χ0) is 45.4. The van der Waals surface area contributed by atoms with Gasteiger partial charge in [-0.15, -0.1) is 11.3 Å². The van der Waals surface area contributed by atoms with E-state index in [-0.39, 0.29) is 0 Å². The summed E-state index contributed by atoms with van der Waals surface area (Å²) in [5.74, 6) is 1.82. The van der Waals surface area contributed by atoms with E-state index < -0.39 is 0 Å². The van der Waals surface area contributed by atoms with Gasteiger partial charge < -0.3 is 9.13 Å². The fraction of sp³-hybridized carbons (Fsp3) is 0. The fourth-order valence-corrected chi connectivity index (χ4v) is 11.9. The molecule has 0 aliphatic carbocycles. The fourth-order valence-electron chi connectivity index (χ4n) is 10.6. The van der Waals surface area contributed by atoms with Gasteiger partial charge in [-0.1, -0.05) is 200 Å². The molecule has 14 rings (SSSR count). The Kier molecular flexibility index (Phi) is 9.00. The van der Waals surface area contributed by atoms with Gasteiger partial charge in [-0.25, -0.2) is 15.0 Å². The number of fused-ring (bicyclic) bond motifs is 11. The van der Waals surface area contributed by atoms with Crippen LogP contribution in [0.3, 0.4) is 0 Å². The van der Waals surface area contributed by atoms with Gasteiger partial charge in [-0.3, -0.25) is 0 Å². The second-order valence-corrected chi connectivity index (χ2v) is 18.5. The van der Waals surface area contributed by atoms with Crippen LogP contribution in [-0.4, -0.2) is 24.1 Å². The molecule has 0 aliphatic heterocycles. The first-order chi connectivity index (χ1) is 34.3. The number of hydrogen-bond donors (Lipinski definition) is 0. The molecule has 0 saturated heterocycles. The van der Waals surface area contributed by atoms with Gasteiger partial charge in [0.1, 0.15) is 0 Å². The van der Waals surface area contributed by atoms with Crippen LogP contribution in [0.5, 0.6) is 0 Å². The lowest BCUT2D eigenvalue weighted by molar-refractivity contribution is 1.07. The summed E-state index contributed by atoms with van der Waals surface area (Å²) in [6, 6.07) is 84.1. The first-order valence-corrected chi connectivity index (χ1v) is 24.1. The van der Waals surface area contributed by atoms with E-state index in [9.17, 15) is 0 Å². The Morgan fingerprint density at radius 3 is 1.19 bits per heavy atom. The third-order valence-corrected chi connectivity index (χ3v) is 14.9. The predicted molar refractivity (Wildman–Crippen MR) is 289 cm³/mol. The Hall–Kier alpha value is -8.97. The summed E-state index contributed by atoms with van der Waals surface area (Å²) in [7, 11) is 0. The molecule has 14 aromatic rings. The Morgan fingerprint density at radius 2 is 0.652 bits per heavy atom. The van der Waals surface area contributed by atoms with E-state index in [1.807, 2.05) is 11.3 Å². The smallest absolute Gasteiger partial charge is 0.166 e. The van der Waals surface area contributed by atoms with Gasteiger partial charge in [0.05, 0.1) is 37.2 Å². The summed E-state index contributed by atoms with van der Waals surface area (Å²) in [5.41, 5.74) is 13.9. The Balaban J connectivity index is 1.06. The van der Waals surface area contributed by atoms with E-state index in [1.165, 1.54) is 52.8 Å². The maximum atomic E-state index is 5.47. The number of benzene rings is 10. The zero-order valence-electron chi connectivity index (χ0n) is 37.2. The lowest BCUT2D eigenvalue weighted by Crippen LogP contribution is -2.04. The summed E-state index contributed by atoms with van der Waals surface area (Å²) < 4.78 is 7.41. The second kappa shape index (κ2) is 15.8. The van der Waals surface area contributed by atoms with Gasteiger partial charge in [0, 0.05) is 54.7 Å². The molecule has 0 radical (unpaired) electrons. The lowest BCUT2D eigenvalue weighted by Gasteiger charge is -2.16. The van der Waals surface area contributed by atoms with Crippen LogP contribution in [0.1, 0.15) is 0 Å². The molecule has 0 saturated carbocycles. The molecule has 0 bridgehead atoms. The first kappa shape index (κ1) is 39.2. The van der Waals surface area contributed by atoms with Crippen LogP contribution in [0.2, 0.25) is 0 Å². The van der Waals surface area contributed by atoms with Gasteiger partial charge >= 0.3 is 0 Å². The largest absolute Gasteiger partial charge is 0.308 e. The standard InChI is InChI=1S/C63H39N5S/c1-4-20-40(21-5-1)43-26-10-12-30-51(43)61-64-62(52-31-13-11-27-44(52)41-22-6-2-7-23-41)66-63(65-61)53-32-16-19-35-56(53)68-55-34-18-15-29-46(55)48-37-39-50-49-38-36-47-45-28-14-17-33-54(45)67(42-24-8-3-9-25-42)57(47)59(49)69-60(50)58(48)68/h1-39H. The quantitative estimate of drug-likeness (QED) is 0.160. The van der Waals surface area contributed by atoms with E-state index in [0.717, 1.165) is 61.4 Å². The predicted octanol–water partition coefficient (Wildman–Crippen LogP) is 16.8.